The number of hydrogen-bond donors (Lipinski definition) is 1. The van der Waals surface area contributed by atoms with Gasteiger partial charge in [0, 0.05) is 25.0 Å². The van der Waals surface area contributed by atoms with Gasteiger partial charge in [0.15, 0.2) is 5.75 Å². The van der Waals surface area contributed by atoms with Crippen LogP contribution in [-0.4, -0.2) is 43.8 Å². The second-order valence-electron chi connectivity index (χ2n) is 5.69. The Bertz CT molecular complexity index is 772. The molecule has 1 N–H and O–H groups in total. The number of amides is 1. The maximum absolute atomic E-state index is 12.6. The van der Waals surface area contributed by atoms with Crippen molar-refractivity contribution >= 4 is 40.5 Å². The quantitative estimate of drug-likeness (QED) is 0.831. The number of benzene rings is 1. The molecule has 0 aliphatic carbocycles. The van der Waals surface area contributed by atoms with Gasteiger partial charge >= 0.3 is 0 Å². The number of aromatic nitrogens is 1. The van der Waals surface area contributed by atoms with Crippen LogP contribution in [0.4, 0.5) is 11.4 Å². The summed E-state index contributed by atoms with van der Waals surface area (Å²) in [4.78, 5) is 18.9. The van der Waals surface area contributed by atoms with Crippen molar-refractivity contribution < 1.29 is 14.3 Å². The molecule has 0 unspecified atom stereocenters. The van der Waals surface area contributed by atoms with E-state index >= 15 is 0 Å². The summed E-state index contributed by atoms with van der Waals surface area (Å²) in [5.41, 5.74) is 1.84. The number of halogens is 2. The van der Waals surface area contributed by atoms with Crippen molar-refractivity contribution in [2.45, 2.75) is 6.92 Å². The Hall–Kier alpha value is -2.02. The normalized spacial score (nSPS) is 14.2. The van der Waals surface area contributed by atoms with Crippen LogP contribution in [0.25, 0.3) is 0 Å². The molecule has 3 rings (SSSR count). The Kier molecular flexibility index (Phi) is 6.19. The summed E-state index contributed by atoms with van der Waals surface area (Å²) < 4.78 is 10.7. The first-order valence-electron chi connectivity index (χ1n) is 8.29. The smallest absolute Gasteiger partial charge is 0.257 e. The maximum Gasteiger partial charge on any atom is 0.257 e. The largest absolute Gasteiger partial charge is 0.491 e. The number of carbonyl (C=O) groups excluding carboxylic acids is 1. The average Bonchev–Trinajstić information content (AvgIpc) is 2.65. The van der Waals surface area contributed by atoms with Gasteiger partial charge in [-0.25, -0.2) is 0 Å². The molecule has 26 heavy (non-hydrogen) atoms. The highest BCUT2D eigenvalue weighted by molar-refractivity contribution is 6.37. The molecule has 6 nitrogen and oxygen atoms in total. The molecule has 1 aromatic carbocycles. The predicted octanol–water partition coefficient (Wildman–Crippen LogP) is 3.88. The summed E-state index contributed by atoms with van der Waals surface area (Å²) in [6.07, 6.45) is 3.27. The van der Waals surface area contributed by atoms with Crippen molar-refractivity contribution in [1.29, 1.82) is 0 Å². The molecule has 1 fully saturated rings. The summed E-state index contributed by atoms with van der Waals surface area (Å²) in [5, 5.41) is 3.48. The number of morpholine rings is 1. The van der Waals surface area contributed by atoms with Crippen molar-refractivity contribution in [1.82, 2.24) is 4.98 Å². The molecule has 138 valence electrons. The van der Waals surface area contributed by atoms with Gasteiger partial charge in [0.25, 0.3) is 5.91 Å². The van der Waals surface area contributed by atoms with E-state index in [0.29, 0.717) is 46.9 Å². The van der Waals surface area contributed by atoms with E-state index in [1.54, 1.807) is 18.3 Å². The Morgan fingerprint density at radius 1 is 1.23 bits per heavy atom. The first kappa shape index (κ1) is 18.8. The van der Waals surface area contributed by atoms with Crippen LogP contribution in [0.5, 0.6) is 5.75 Å². The van der Waals surface area contributed by atoms with Gasteiger partial charge in [-0.2, -0.15) is 0 Å². The molecule has 0 bridgehead atoms. The van der Waals surface area contributed by atoms with Crippen LogP contribution < -0.4 is 15.0 Å². The SMILES string of the molecule is CCOc1c(Cl)cc(NC(=O)c2cncc(N3CCOCC3)c2)cc1Cl. The first-order valence-corrected chi connectivity index (χ1v) is 9.05. The molecule has 0 spiro atoms. The van der Waals surface area contributed by atoms with Crippen LogP contribution >= 0.6 is 23.2 Å². The van der Waals surface area contributed by atoms with E-state index < -0.39 is 0 Å². The number of rotatable bonds is 5. The van der Waals surface area contributed by atoms with Crippen LogP contribution in [0.2, 0.25) is 10.0 Å². The van der Waals surface area contributed by atoms with Gasteiger partial charge in [0.05, 0.1) is 47.3 Å². The number of nitrogens with zero attached hydrogens (tertiary/aromatic N) is 2. The molecule has 1 saturated heterocycles. The number of anilines is 2. The Balaban J connectivity index is 1.76. The number of hydrogen-bond acceptors (Lipinski definition) is 5. The van der Waals surface area contributed by atoms with E-state index in [0.717, 1.165) is 18.8 Å². The fraction of sp³-hybridized carbons (Fsp3) is 0.333. The lowest BCUT2D eigenvalue weighted by atomic mass is 10.2. The standard InChI is InChI=1S/C18H19Cl2N3O3/c1-2-26-17-15(19)8-13(9-16(17)20)22-18(24)12-7-14(11-21-10-12)23-3-5-25-6-4-23/h7-11H,2-6H2,1H3,(H,22,24). The Morgan fingerprint density at radius 3 is 2.58 bits per heavy atom. The third-order valence-electron chi connectivity index (χ3n) is 3.91. The number of pyridine rings is 1. The summed E-state index contributed by atoms with van der Waals surface area (Å²) in [5.74, 6) is 0.119. The lowest BCUT2D eigenvalue weighted by Crippen LogP contribution is -2.36. The molecular weight excluding hydrogens is 377 g/mol. The van der Waals surface area contributed by atoms with Gasteiger partial charge in [-0.3, -0.25) is 9.78 Å². The van der Waals surface area contributed by atoms with Gasteiger partial charge in [-0.05, 0) is 25.1 Å². The van der Waals surface area contributed by atoms with E-state index in [4.69, 9.17) is 32.7 Å². The van der Waals surface area contributed by atoms with Crippen molar-refractivity contribution in [2.75, 3.05) is 43.1 Å². The number of nitrogens with one attached hydrogen (secondary N) is 1. The minimum absolute atomic E-state index is 0.288. The molecule has 0 saturated carbocycles. The lowest BCUT2D eigenvalue weighted by molar-refractivity contribution is 0.102. The van der Waals surface area contributed by atoms with Crippen LogP contribution in [0, 0.1) is 0 Å². The summed E-state index contributed by atoms with van der Waals surface area (Å²) in [6.45, 7) is 5.18. The lowest BCUT2D eigenvalue weighted by Gasteiger charge is -2.28. The molecule has 1 aliphatic heterocycles. The van der Waals surface area contributed by atoms with Crippen molar-refractivity contribution in [2.24, 2.45) is 0 Å². The van der Waals surface area contributed by atoms with Crippen molar-refractivity contribution in [3.63, 3.8) is 0 Å². The van der Waals surface area contributed by atoms with E-state index in [-0.39, 0.29) is 5.91 Å². The van der Waals surface area contributed by atoms with E-state index in [1.165, 1.54) is 6.20 Å². The number of ether oxygens (including phenoxy) is 2. The fourth-order valence-electron chi connectivity index (χ4n) is 2.66. The zero-order chi connectivity index (χ0) is 18.5. The second kappa shape index (κ2) is 8.58. The van der Waals surface area contributed by atoms with E-state index in [2.05, 4.69) is 15.2 Å². The second-order valence-corrected chi connectivity index (χ2v) is 6.50. The maximum atomic E-state index is 12.6. The van der Waals surface area contributed by atoms with Crippen LogP contribution in [0.15, 0.2) is 30.6 Å². The zero-order valence-corrected chi connectivity index (χ0v) is 15.8. The van der Waals surface area contributed by atoms with Crippen LogP contribution in [-0.2, 0) is 4.74 Å². The average molecular weight is 396 g/mol. The molecule has 1 aromatic heterocycles. The van der Waals surface area contributed by atoms with E-state index in [9.17, 15) is 4.79 Å². The molecular formula is C18H19Cl2N3O3. The highest BCUT2D eigenvalue weighted by Crippen LogP contribution is 2.36. The van der Waals surface area contributed by atoms with Gasteiger partial charge in [0.1, 0.15) is 0 Å². The van der Waals surface area contributed by atoms with Gasteiger partial charge in [0.2, 0.25) is 0 Å². The van der Waals surface area contributed by atoms with Crippen molar-refractivity contribution in [3.8, 4) is 5.75 Å². The molecule has 0 atom stereocenters. The molecule has 8 heteroatoms. The highest BCUT2D eigenvalue weighted by Gasteiger charge is 2.15. The van der Waals surface area contributed by atoms with Gasteiger partial charge < -0.3 is 19.7 Å². The topological polar surface area (TPSA) is 63.7 Å². The third-order valence-corrected chi connectivity index (χ3v) is 4.47. The van der Waals surface area contributed by atoms with Crippen LogP contribution in [0.3, 0.4) is 0 Å². The monoisotopic (exact) mass is 395 g/mol. The summed E-state index contributed by atoms with van der Waals surface area (Å²) in [6, 6.07) is 5.02. The zero-order valence-electron chi connectivity index (χ0n) is 14.3. The Morgan fingerprint density at radius 2 is 1.92 bits per heavy atom. The molecule has 1 aliphatic rings. The molecule has 1 amide bonds. The first-order chi connectivity index (χ1) is 12.6. The van der Waals surface area contributed by atoms with Gasteiger partial charge in [-0.15, -0.1) is 0 Å². The summed E-state index contributed by atoms with van der Waals surface area (Å²) in [7, 11) is 0. The van der Waals surface area contributed by atoms with Crippen molar-refractivity contribution in [3.05, 3.63) is 46.2 Å². The Labute approximate surface area is 162 Å². The summed E-state index contributed by atoms with van der Waals surface area (Å²) >= 11 is 12.4. The fourth-order valence-corrected chi connectivity index (χ4v) is 3.26. The number of carbonyl (C=O) groups is 1. The minimum Gasteiger partial charge on any atom is -0.491 e. The molecule has 0 radical (unpaired) electrons. The third kappa shape index (κ3) is 4.38. The molecule has 2 aromatic rings. The minimum atomic E-state index is -0.288. The highest BCUT2D eigenvalue weighted by atomic mass is 35.5. The van der Waals surface area contributed by atoms with Crippen LogP contribution in [0.1, 0.15) is 17.3 Å². The van der Waals surface area contributed by atoms with Gasteiger partial charge in [-0.1, -0.05) is 23.2 Å². The van der Waals surface area contributed by atoms with E-state index in [1.807, 2.05) is 13.0 Å². The predicted molar refractivity (Wildman–Crippen MR) is 103 cm³/mol. The molecule has 2 heterocycles.